The van der Waals surface area contributed by atoms with Gasteiger partial charge in [-0.25, -0.2) is 0 Å². The van der Waals surface area contributed by atoms with Crippen LogP contribution in [0, 0.1) is 10.8 Å². The van der Waals surface area contributed by atoms with Crippen LogP contribution >= 0.6 is 0 Å². The van der Waals surface area contributed by atoms with E-state index in [1.165, 1.54) is 5.39 Å². The molecule has 3 aromatic carbocycles. The van der Waals surface area contributed by atoms with Crippen molar-refractivity contribution >= 4 is 22.3 Å². The number of carbonyl (C=O) groups excluding carboxylic acids is 2. The number of carbonyl (C=O) groups is 2. The Bertz CT molecular complexity index is 1730. The van der Waals surface area contributed by atoms with E-state index in [2.05, 4.69) is 82.5 Å². The highest BCUT2D eigenvalue weighted by Crippen LogP contribution is 2.55. The van der Waals surface area contributed by atoms with Gasteiger partial charge in [0.25, 0.3) is 0 Å². The zero-order chi connectivity index (χ0) is 32.8. The molecule has 3 aromatic rings. The van der Waals surface area contributed by atoms with Crippen LogP contribution in [0.25, 0.3) is 10.8 Å². The Morgan fingerprint density at radius 2 is 1.46 bits per heavy atom. The van der Waals surface area contributed by atoms with Crippen molar-refractivity contribution in [1.82, 2.24) is 4.90 Å². The van der Waals surface area contributed by atoms with Gasteiger partial charge in [0, 0.05) is 53.4 Å². The van der Waals surface area contributed by atoms with Gasteiger partial charge >= 0.3 is 0 Å². The zero-order valence-electron chi connectivity index (χ0n) is 28.3. The fourth-order valence-corrected chi connectivity index (χ4v) is 7.91. The van der Waals surface area contributed by atoms with Crippen LogP contribution in [0.2, 0.25) is 0 Å². The van der Waals surface area contributed by atoms with Crippen molar-refractivity contribution in [2.75, 3.05) is 13.2 Å². The average Bonchev–Trinajstić information content (AvgIpc) is 2.98. The molecular weight excluding hydrogens is 570 g/mol. The molecule has 1 aliphatic heterocycles. The van der Waals surface area contributed by atoms with E-state index >= 15 is 0 Å². The van der Waals surface area contributed by atoms with Gasteiger partial charge in [-0.3, -0.25) is 9.59 Å². The summed E-state index contributed by atoms with van der Waals surface area (Å²) in [6, 6.07) is 18.7. The first-order valence-electron chi connectivity index (χ1n) is 16.8. The van der Waals surface area contributed by atoms with Crippen molar-refractivity contribution in [3.05, 3.63) is 106 Å². The zero-order valence-corrected chi connectivity index (χ0v) is 28.3. The van der Waals surface area contributed by atoms with E-state index < -0.39 is 5.92 Å². The summed E-state index contributed by atoms with van der Waals surface area (Å²) in [4.78, 5) is 30.6. The highest BCUT2D eigenvalue weighted by atomic mass is 16.5. The van der Waals surface area contributed by atoms with E-state index in [9.17, 15) is 9.59 Å². The second-order valence-corrected chi connectivity index (χ2v) is 14.6. The smallest absolute Gasteiger partial charge is 0.165 e. The number of allylic oxidation sites excluding steroid dienone is 5. The molecule has 1 heterocycles. The minimum Gasteiger partial charge on any atom is -0.490 e. The van der Waals surface area contributed by atoms with Crippen molar-refractivity contribution in [2.45, 2.75) is 86.2 Å². The third-order valence-electron chi connectivity index (χ3n) is 9.74. The van der Waals surface area contributed by atoms with Gasteiger partial charge in [-0.2, -0.15) is 0 Å². The second kappa shape index (κ2) is 12.2. The van der Waals surface area contributed by atoms with E-state index in [-0.39, 0.29) is 22.4 Å². The molecule has 3 aliphatic rings. The molecule has 0 saturated heterocycles. The number of fused-ring (bicyclic) bond motifs is 1. The molecule has 0 atom stereocenters. The van der Waals surface area contributed by atoms with Crippen molar-refractivity contribution in [1.29, 1.82) is 0 Å². The predicted octanol–water partition coefficient (Wildman–Crippen LogP) is 9.25. The molecule has 2 aliphatic carbocycles. The molecular formula is C41H47NO4. The first kappa shape index (κ1) is 31.8. The van der Waals surface area contributed by atoms with Gasteiger partial charge in [0.05, 0.1) is 6.61 Å². The summed E-state index contributed by atoms with van der Waals surface area (Å²) in [7, 11) is 0. The van der Waals surface area contributed by atoms with Crippen molar-refractivity contribution in [2.24, 2.45) is 10.8 Å². The van der Waals surface area contributed by atoms with E-state index in [4.69, 9.17) is 9.47 Å². The maximum absolute atomic E-state index is 14.2. The van der Waals surface area contributed by atoms with Gasteiger partial charge in [0.15, 0.2) is 23.1 Å². The van der Waals surface area contributed by atoms with Gasteiger partial charge in [-0.1, -0.05) is 82.3 Å². The Labute approximate surface area is 274 Å². The van der Waals surface area contributed by atoms with Crippen molar-refractivity contribution in [3.8, 4) is 11.5 Å². The lowest BCUT2D eigenvalue weighted by Crippen LogP contribution is -2.44. The molecule has 0 amide bonds. The van der Waals surface area contributed by atoms with Crippen LogP contribution in [-0.2, 0) is 22.6 Å². The largest absolute Gasteiger partial charge is 0.490 e. The van der Waals surface area contributed by atoms with Crippen LogP contribution in [0.3, 0.4) is 0 Å². The van der Waals surface area contributed by atoms with Crippen LogP contribution in [0.1, 0.15) is 89.8 Å². The normalized spacial score (nSPS) is 19.3. The van der Waals surface area contributed by atoms with Gasteiger partial charge in [0.2, 0.25) is 0 Å². The third-order valence-corrected chi connectivity index (χ3v) is 9.74. The lowest BCUT2D eigenvalue weighted by molar-refractivity contribution is -0.119. The number of hydrogen-bond acceptors (Lipinski definition) is 5. The molecule has 46 heavy (non-hydrogen) atoms. The summed E-state index contributed by atoms with van der Waals surface area (Å²) in [6.07, 6.45) is 4.96. The van der Waals surface area contributed by atoms with Gasteiger partial charge in [0.1, 0.15) is 6.61 Å². The summed E-state index contributed by atoms with van der Waals surface area (Å²) < 4.78 is 12.9. The van der Waals surface area contributed by atoms with E-state index in [1.54, 1.807) is 0 Å². The van der Waals surface area contributed by atoms with Crippen LogP contribution in [0.15, 0.2) is 89.8 Å². The minimum atomic E-state index is -0.435. The molecule has 0 radical (unpaired) electrons. The van der Waals surface area contributed by atoms with Crippen LogP contribution in [0.4, 0.5) is 0 Å². The molecule has 0 spiro atoms. The Balaban J connectivity index is 1.52. The van der Waals surface area contributed by atoms with E-state index in [1.807, 2.05) is 31.2 Å². The highest BCUT2D eigenvalue weighted by molar-refractivity contribution is 6.07. The Hall–Kier alpha value is -4.12. The standard InChI is InChI=1S/C41H47NO4/c1-8-14-27-19-29(20-35(45-10-3)39(27)46-25-28-17-13-16-26-15-11-12-18-30(26)28)36-37-31(21-40(4,5)23-33(37)43)42(9-2)32-22-41(6,7)24-34(44)38(32)36/h8,11-13,15-20,36H,1,9-10,14,21-25H2,2-7H3. The number of ether oxygens (including phenoxy) is 2. The minimum absolute atomic E-state index is 0.137. The maximum Gasteiger partial charge on any atom is 0.165 e. The van der Waals surface area contributed by atoms with Crippen LogP contribution in [-0.4, -0.2) is 29.6 Å². The lowest BCUT2D eigenvalue weighted by Gasteiger charge is -2.49. The van der Waals surface area contributed by atoms with Gasteiger partial charge in [-0.15, -0.1) is 6.58 Å². The summed E-state index contributed by atoms with van der Waals surface area (Å²) >= 11 is 0. The van der Waals surface area contributed by atoms with Crippen molar-refractivity contribution < 1.29 is 19.1 Å². The number of nitrogens with zero attached hydrogens (tertiary/aromatic N) is 1. The molecule has 0 N–H and O–H groups in total. The van der Waals surface area contributed by atoms with Crippen LogP contribution < -0.4 is 9.47 Å². The lowest BCUT2D eigenvalue weighted by atomic mass is 9.63. The molecule has 5 heteroatoms. The number of ketones is 2. The molecule has 0 bridgehead atoms. The van der Waals surface area contributed by atoms with Gasteiger partial charge in [-0.05, 0) is 71.9 Å². The summed E-state index contributed by atoms with van der Waals surface area (Å²) in [5.74, 6) is 1.15. The van der Waals surface area contributed by atoms with E-state index in [0.717, 1.165) is 64.0 Å². The fraction of sp³-hybridized carbons (Fsp3) is 0.415. The SMILES string of the molecule is C=CCc1cc(C2C3=C(CC(C)(C)CC3=O)N(CC)C3=C2C(=O)CC(C)(C)C3)cc(OCC)c1OCc1cccc2ccccc12. The molecule has 240 valence electrons. The summed E-state index contributed by atoms with van der Waals surface area (Å²) in [5, 5.41) is 2.33. The van der Waals surface area contributed by atoms with Crippen LogP contribution in [0.5, 0.6) is 11.5 Å². The Morgan fingerprint density at radius 3 is 2.07 bits per heavy atom. The molecule has 0 fully saturated rings. The maximum atomic E-state index is 14.2. The summed E-state index contributed by atoms with van der Waals surface area (Å²) in [6.45, 7) is 18.4. The Kier molecular flexibility index (Phi) is 8.47. The first-order valence-corrected chi connectivity index (χ1v) is 16.8. The Morgan fingerprint density at radius 1 is 0.826 bits per heavy atom. The topological polar surface area (TPSA) is 55.8 Å². The molecule has 5 nitrogen and oxygen atoms in total. The molecule has 6 rings (SSSR count). The quantitative estimate of drug-likeness (QED) is 0.224. The average molecular weight is 618 g/mol. The van der Waals surface area contributed by atoms with Gasteiger partial charge < -0.3 is 14.4 Å². The molecule has 0 saturated carbocycles. The third kappa shape index (κ3) is 5.81. The van der Waals surface area contributed by atoms with E-state index in [0.29, 0.717) is 44.0 Å². The molecule has 0 unspecified atom stereocenters. The molecule has 0 aromatic heterocycles. The summed E-state index contributed by atoms with van der Waals surface area (Å²) in [5.41, 5.74) is 6.37. The number of hydrogen-bond donors (Lipinski definition) is 0. The number of Topliss-reactive ketones (excluding diaryl/α,β-unsaturated/α-hetero) is 2. The number of rotatable bonds is 9. The fourth-order valence-electron chi connectivity index (χ4n) is 7.91. The predicted molar refractivity (Wildman–Crippen MR) is 185 cm³/mol. The second-order valence-electron chi connectivity index (χ2n) is 14.6. The first-order chi connectivity index (χ1) is 22.0. The number of benzene rings is 3. The monoisotopic (exact) mass is 617 g/mol. The highest BCUT2D eigenvalue weighted by Gasteiger charge is 2.48. The van der Waals surface area contributed by atoms with Crippen molar-refractivity contribution in [3.63, 3.8) is 0 Å².